The zero-order chi connectivity index (χ0) is 17.6. The molecule has 0 bridgehead atoms. The van der Waals surface area contributed by atoms with Crippen molar-refractivity contribution < 1.29 is 9.18 Å². The Hall–Kier alpha value is -2.18. The number of aryl methyl sites for hydroxylation is 1. The van der Waals surface area contributed by atoms with Gasteiger partial charge in [0.1, 0.15) is 5.82 Å². The van der Waals surface area contributed by atoms with Gasteiger partial charge in [0.2, 0.25) is 0 Å². The van der Waals surface area contributed by atoms with Gasteiger partial charge in [-0.2, -0.15) is 0 Å². The van der Waals surface area contributed by atoms with Crippen LogP contribution in [0.5, 0.6) is 0 Å². The highest BCUT2D eigenvalue weighted by atomic mass is 35.5. The van der Waals surface area contributed by atoms with Crippen molar-refractivity contribution in [1.82, 2.24) is 9.55 Å². The third kappa shape index (κ3) is 3.19. The van der Waals surface area contributed by atoms with Gasteiger partial charge in [0.25, 0.3) is 0 Å². The van der Waals surface area contributed by atoms with Gasteiger partial charge in [-0.25, -0.2) is 9.37 Å². The maximum absolute atomic E-state index is 14.7. The Kier molecular flexibility index (Phi) is 4.09. The standard InChI is InChI=1S/C18H15ClFN3OSi/c1-23-6-2-3-14(23)12-7-10-8-15(22-18(24)25-11-4-5-11)21-9-13(10)16(19)17(12)20/h2-3,6-9,11H,4-5H2,1H3,(H,21,22,24). The number of benzene rings is 1. The largest absolute Gasteiger partial charge is 0.350 e. The molecule has 3 aromatic rings. The molecular formula is C18H15ClFN3OSi. The maximum atomic E-state index is 14.7. The lowest BCUT2D eigenvalue weighted by molar-refractivity contribution is 0.268. The smallest absolute Gasteiger partial charge is 0.193 e. The van der Waals surface area contributed by atoms with Crippen molar-refractivity contribution in [3.05, 3.63) is 47.5 Å². The molecule has 0 unspecified atom stereocenters. The van der Waals surface area contributed by atoms with Gasteiger partial charge in [-0.15, -0.1) is 0 Å². The Morgan fingerprint density at radius 1 is 1.44 bits per heavy atom. The van der Waals surface area contributed by atoms with Crippen LogP contribution in [0.1, 0.15) is 12.8 Å². The van der Waals surface area contributed by atoms with E-state index in [4.69, 9.17) is 11.6 Å². The van der Waals surface area contributed by atoms with E-state index in [1.165, 1.54) is 6.20 Å². The second-order valence-corrected chi connectivity index (χ2v) is 8.16. The van der Waals surface area contributed by atoms with Crippen molar-refractivity contribution in [1.29, 1.82) is 0 Å². The Balaban J connectivity index is 1.74. The molecule has 1 saturated carbocycles. The van der Waals surface area contributed by atoms with Gasteiger partial charge in [0.15, 0.2) is 20.9 Å². The van der Waals surface area contributed by atoms with Crippen molar-refractivity contribution in [3.63, 3.8) is 0 Å². The average molecular weight is 372 g/mol. The molecule has 1 aliphatic carbocycles. The monoisotopic (exact) mass is 371 g/mol. The average Bonchev–Trinajstić information content (AvgIpc) is 3.29. The second-order valence-electron chi connectivity index (χ2n) is 6.22. The summed E-state index contributed by atoms with van der Waals surface area (Å²) in [6, 6.07) is 7.17. The number of aromatic nitrogens is 2. The first-order chi connectivity index (χ1) is 12.0. The second kappa shape index (κ2) is 6.27. The number of carbonyl (C=O) groups is 1. The molecule has 0 spiro atoms. The SMILES string of the molecule is Cn1cccc1-c1cc2cc(NC(=O)[Si]C3CC3)ncc2c(Cl)c1F. The van der Waals surface area contributed by atoms with Gasteiger partial charge >= 0.3 is 0 Å². The molecule has 1 N–H and O–H groups in total. The fraction of sp³-hybridized carbons (Fsp3) is 0.222. The Morgan fingerprint density at radius 2 is 2.24 bits per heavy atom. The van der Waals surface area contributed by atoms with E-state index in [-0.39, 0.29) is 20.1 Å². The molecule has 7 heteroatoms. The zero-order valence-corrected chi connectivity index (χ0v) is 15.3. The number of carbonyl (C=O) groups excluding carboxylic acids is 1. The number of anilines is 1. The van der Waals surface area contributed by atoms with Gasteiger partial charge in [0, 0.05) is 30.4 Å². The molecule has 0 atom stereocenters. The predicted molar refractivity (Wildman–Crippen MR) is 98.9 cm³/mol. The number of amides is 1. The molecule has 4 nitrogen and oxygen atoms in total. The first-order valence-corrected chi connectivity index (χ1v) is 9.45. The fourth-order valence-electron chi connectivity index (χ4n) is 2.79. The zero-order valence-electron chi connectivity index (χ0n) is 13.5. The van der Waals surface area contributed by atoms with Crippen LogP contribution in [0.2, 0.25) is 10.6 Å². The van der Waals surface area contributed by atoms with Crippen LogP contribution in [-0.4, -0.2) is 24.6 Å². The third-order valence-corrected chi connectivity index (χ3v) is 6.02. The lowest BCUT2D eigenvalue weighted by Gasteiger charge is -2.11. The van der Waals surface area contributed by atoms with Crippen molar-refractivity contribution in [2.45, 2.75) is 18.4 Å². The molecule has 2 radical (unpaired) electrons. The van der Waals surface area contributed by atoms with E-state index in [0.29, 0.717) is 22.3 Å². The Morgan fingerprint density at radius 3 is 2.92 bits per heavy atom. The summed E-state index contributed by atoms with van der Waals surface area (Å²) >= 11 is 6.23. The molecule has 2 aromatic heterocycles. The minimum absolute atomic E-state index is 0.00906. The molecule has 1 aromatic carbocycles. The molecule has 1 amide bonds. The number of nitrogens with zero attached hydrogens (tertiary/aromatic N) is 2. The topological polar surface area (TPSA) is 46.9 Å². The minimum Gasteiger partial charge on any atom is -0.350 e. The van der Waals surface area contributed by atoms with E-state index >= 15 is 0 Å². The summed E-state index contributed by atoms with van der Waals surface area (Å²) in [7, 11) is 2.12. The number of hydrogen-bond donors (Lipinski definition) is 1. The van der Waals surface area contributed by atoms with Gasteiger partial charge in [-0.3, -0.25) is 4.79 Å². The summed E-state index contributed by atoms with van der Waals surface area (Å²) in [4.78, 5) is 16.2. The van der Waals surface area contributed by atoms with Crippen LogP contribution >= 0.6 is 11.6 Å². The summed E-state index contributed by atoms with van der Waals surface area (Å²) in [5.74, 6) is -0.00377. The number of fused-ring (bicyclic) bond motifs is 1. The van der Waals surface area contributed by atoms with Crippen LogP contribution in [0.4, 0.5) is 15.0 Å². The molecule has 2 heterocycles. The quantitative estimate of drug-likeness (QED) is 0.666. The normalized spacial score (nSPS) is 14.0. The van der Waals surface area contributed by atoms with E-state index in [1.807, 2.05) is 29.9 Å². The lowest BCUT2D eigenvalue weighted by Crippen LogP contribution is -2.18. The molecule has 0 saturated heterocycles. The fourth-order valence-corrected chi connectivity index (χ4v) is 4.08. The van der Waals surface area contributed by atoms with E-state index in [1.54, 1.807) is 12.1 Å². The van der Waals surface area contributed by atoms with Gasteiger partial charge < -0.3 is 9.88 Å². The first kappa shape index (κ1) is 16.3. The van der Waals surface area contributed by atoms with Crippen LogP contribution in [0.25, 0.3) is 22.0 Å². The van der Waals surface area contributed by atoms with E-state index in [2.05, 4.69) is 10.3 Å². The number of halogens is 2. The predicted octanol–water partition coefficient (Wildman–Crippen LogP) is 4.85. The number of rotatable bonds is 4. The molecule has 0 aliphatic heterocycles. The summed E-state index contributed by atoms with van der Waals surface area (Å²) in [6.07, 6.45) is 5.62. The molecular weight excluding hydrogens is 357 g/mol. The Bertz CT molecular complexity index is 984. The summed E-state index contributed by atoms with van der Waals surface area (Å²) < 4.78 is 16.5. The number of hydrogen-bond acceptors (Lipinski definition) is 2. The van der Waals surface area contributed by atoms with E-state index in [9.17, 15) is 9.18 Å². The van der Waals surface area contributed by atoms with Gasteiger partial charge in [-0.1, -0.05) is 24.4 Å². The molecule has 4 rings (SSSR count). The van der Waals surface area contributed by atoms with Gasteiger partial charge in [0.05, 0.1) is 10.7 Å². The Labute approximate surface area is 151 Å². The van der Waals surface area contributed by atoms with Crippen LogP contribution in [0, 0.1) is 5.82 Å². The number of nitrogens with one attached hydrogen (secondary N) is 1. The molecule has 1 aliphatic rings. The number of pyridine rings is 1. The summed E-state index contributed by atoms with van der Waals surface area (Å²) in [6.45, 7) is 0. The highest BCUT2D eigenvalue weighted by Crippen LogP contribution is 2.36. The molecule has 1 fully saturated rings. The van der Waals surface area contributed by atoms with Crippen molar-refractivity contribution in [3.8, 4) is 11.3 Å². The molecule has 25 heavy (non-hydrogen) atoms. The summed E-state index contributed by atoms with van der Waals surface area (Å²) in [5.41, 5.74) is 1.69. The summed E-state index contributed by atoms with van der Waals surface area (Å²) in [5, 5.41) is 4.13. The van der Waals surface area contributed by atoms with Crippen molar-refractivity contribution in [2.24, 2.45) is 7.05 Å². The van der Waals surface area contributed by atoms with Crippen molar-refractivity contribution >= 4 is 43.2 Å². The highest BCUT2D eigenvalue weighted by molar-refractivity contribution is 6.77. The first-order valence-electron chi connectivity index (χ1n) is 8.00. The van der Waals surface area contributed by atoms with Crippen LogP contribution in [0.15, 0.2) is 36.7 Å². The maximum Gasteiger partial charge on any atom is 0.193 e. The highest BCUT2D eigenvalue weighted by Gasteiger charge is 2.26. The van der Waals surface area contributed by atoms with E-state index in [0.717, 1.165) is 23.9 Å². The lowest BCUT2D eigenvalue weighted by atomic mass is 10.1. The van der Waals surface area contributed by atoms with Crippen molar-refractivity contribution in [2.75, 3.05) is 5.32 Å². The third-order valence-electron chi connectivity index (χ3n) is 4.28. The van der Waals surface area contributed by atoms with Gasteiger partial charge in [-0.05, 0) is 35.2 Å². The van der Waals surface area contributed by atoms with Crippen LogP contribution in [-0.2, 0) is 7.05 Å². The minimum atomic E-state index is -0.468. The molecule has 126 valence electrons. The van der Waals surface area contributed by atoms with Crippen LogP contribution < -0.4 is 5.32 Å². The van der Waals surface area contributed by atoms with E-state index < -0.39 is 5.82 Å². The van der Waals surface area contributed by atoms with Crippen LogP contribution in [0.3, 0.4) is 0 Å².